The topological polar surface area (TPSA) is 95.3 Å². The van der Waals surface area contributed by atoms with E-state index in [0.29, 0.717) is 31.3 Å². The summed E-state index contributed by atoms with van der Waals surface area (Å²) in [6.45, 7) is 1.76. The minimum absolute atomic E-state index is 0.0231. The molecule has 0 amide bonds. The van der Waals surface area contributed by atoms with E-state index in [1.54, 1.807) is 6.20 Å². The van der Waals surface area contributed by atoms with Gasteiger partial charge in [0.25, 0.3) is 0 Å². The van der Waals surface area contributed by atoms with E-state index in [1.165, 1.54) is 0 Å². The standard InChI is InChI=1S/C26H28N6O2/c1-32(2)20-8-6-19(7-9-20)21-10-11-28-26(30-21)31-23-16-34-24-22(15-33-25(23)24)29-14-18-5-3-4-17(12-18)13-27/h3-12,22-25,29H,14-16H2,1-2H3,(H,28,30,31)/t22-,23+,24-,25+/m0/s1. The Bertz CT molecular complexity index is 1180. The van der Waals surface area contributed by atoms with E-state index in [2.05, 4.69) is 50.9 Å². The van der Waals surface area contributed by atoms with Crippen LogP contribution in [0, 0.1) is 11.3 Å². The fourth-order valence-corrected chi connectivity index (χ4v) is 4.48. The van der Waals surface area contributed by atoms with Crippen molar-refractivity contribution < 1.29 is 9.47 Å². The van der Waals surface area contributed by atoms with Gasteiger partial charge in [0.15, 0.2) is 0 Å². The molecule has 8 nitrogen and oxygen atoms in total. The second-order valence-electron chi connectivity index (χ2n) is 8.85. The van der Waals surface area contributed by atoms with Crippen molar-refractivity contribution in [1.82, 2.24) is 15.3 Å². The molecular formula is C26H28N6O2. The summed E-state index contributed by atoms with van der Waals surface area (Å²) in [6, 6.07) is 20.1. The van der Waals surface area contributed by atoms with Crippen molar-refractivity contribution in [1.29, 1.82) is 5.26 Å². The van der Waals surface area contributed by atoms with Crippen LogP contribution in [0.15, 0.2) is 60.8 Å². The van der Waals surface area contributed by atoms with Crippen molar-refractivity contribution in [3.05, 3.63) is 71.9 Å². The summed E-state index contributed by atoms with van der Waals surface area (Å²) in [5.41, 5.74) is 4.78. The first-order chi connectivity index (χ1) is 16.6. The average molecular weight is 457 g/mol. The summed E-state index contributed by atoms with van der Waals surface area (Å²) < 4.78 is 12.2. The van der Waals surface area contributed by atoms with Crippen LogP contribution in [0.25, 0.3) is 11.3 Å². The van der Waals surface area contributed by atoms with Gasteiger partial charge in [0.05, 0.1) is 42.6 Å². The Morgan fingerprint density at radius 1 is 1.03 bits per heavy atom. The Labute approximate surface area is 199 Å². The van der Waals surface area contributed by atoms with Gasteiger partial charge < -0.3 is 25.0 Å². The average Bonchev–Trinajstić information content (AvgIpc) is 3.46. The number of fused-ring (bicyclic) bond motifs is 1. The number of hydrogen-bond acceptors (Lipinski definition) is 8. The summed E-state index contributed by atoms with van der Waals surface area (Å²) in [7, 11) is 4.05. The first kappa shape index (κ1) is 22.3. The number of rotatable bonds is 7. The molecule has 3 heterocycles. The SMILES string of the molecule is CN(C)c1ccc(-c2ccnc(N[C@@H]3CO[C@@H]4[C@@H]3OC[C@@H]4NCc3cccc(C#N)c3)n2)cc1. The van der Waals surface area contributed by atoms with Gasteiger partial charge in [0, 0.05) is 38.1 Å². The zero-order valence-corrected chi connectivity index (χ0v) is 19.3. The van der Waals surface area contributed by atoms with E-state index in [1.807, 2.05) is 44.4 Å². The summed E-state index contributed by atoms with van der Waals surface area (Å²) >= 11 is 0. The van der Waals surface area contributed by atoms with Gasteiger partial charge >= 0.3 is 0 Å². The Hall–Kier alpha value is -3.51. The van der Waals surface area contributed by atoms with Crippen LogP contribution in [0.5, 0.6) is 0 Å². The fourth-order valence-electron chi connectivity index (χ4n) is 4.48. The zero-order chi connectivity index (χ0) is 23.5. The highest BCUT2D eigenvalue weighted by molar-refractivity contribution is 5.63. The molecule has 0 unspecified atom stereocenters. The van der Waals surface area contributed by atoms with E-state index in [0.717, 1.165) is 22.5 Å². The lowest BCUT2D eigenvalue weighted by atomic mass is 10.1. The van der Waals surface area contributed by atoms with Crippen molar-refractivity contribution in [3.8, 4) is 17.3 Å². The Morgan fingerprint density at radius 3 is 2.56 bits per heavy atom. The molecule has 174 valence electrons. The number of aromatic nitrogens is 2. The molecule has 2 aliphatic heterocycles. The third-order valence-corrected chi connectivity index (χ3v) is 6.33. The Kier molecular flexibility index (Phi) is 6.41. The predicted octanol–water partition coefficient (Wildman–Crippen LogP) is 2.82. The molecule has 2 aliphatic rings. The normalized spacial score (nSPS) is 23.3. The number of nitriles is 1. The summed E-state index contributed by atoms with van der Waals surface area (Å²) in [6.07, 6.45) is 1.65. The van der Waals surface area contributed by atoms with Crippen LogP contribution in [0.2, 0.25) is 0 Å². The lowest BCUT2D eigenvalue weighted by molar-refractivity contribution is 0.0675. The molecule has 5 rings (SSSR count). The molecule has 0 radical (unpaired) electrons. The number of nitrogens with one attached hydrogen (secondary N) is 2. The van der Waals surface area contributed by atoms with E-state index in [-0.39, 0.29) is 24.3 Å². The van der Waals surface area contributed by atoms with Crippen LogP contribution in [-0.4, -0.2) is 61.6 Å². The van der Waals surface area contributed by atoms with Crippen molar-refractivity contribution in [2.24, 2.45) is 0 Å². The van der Waals surface area contributed by atoms with Gasteiger partial charge in [-0.2, -0.15) is 5.26 Å². The maximum Gasteiger partial charge on any atom is 0.223 e. The fraction of sp³-hybridized carbons (Fsp3) is 0.346. The molecule has 2 fully saturated rings. The van der Waals surface area contributed by atoms with Crippen LogP contribution in [0.4, 0.5) is 11.6 Å². The van der Waals surface area contributed by atoms with Gasteiger partial charge in [-0.05, 0) is 35.9 Å². The first-order valence-electron chi connectivity index (χ1n) is 11.4. The van der Waals surface area contributed by atoms with Gasteiger partial charge in [-0.25, -0.2) is 9.97 Å². The lowest BCUT2D eigenvalue weighted by Crippen LogP contribution is -2.41. The first-order valence-corrected chi connectivity index (χ1v) is 11.4. The number of ether oxygens (including phenoxy) is 2. The second-order valence-corrected chi connectivity index (χ2v) is 8.85. The molecule has 4 atom stereocenters. The van der Waals surface area contributed by atoms with E-state index < -0.39 is 0 Å². The van der Waals surface area contributed by atoms with Crippen LogP contribution in [0.1, 0.15) is 11.1 Å². The molecular weight excluding hydrogens is 428 g/mol. The van der Waals surface area contributed by atoms with Gasteiger partial charge in [0.1, 0.15) is 12.2 Å². The molecule has 8 heteroatoms. The summed E-state index contributed by atoms with van der Waals surface area (Å²) in [4.78, 5) is 11.2. The highest BCUT2D eigenvalue weighted by Gasteiger charge is 2.47. The molecule has 2 saturated heterocycles. The highest BCUT2D eigenvalue weighted by atomic mass is 16.6. The summed E-state index contributed by atoms with van der Waals surface area (Å²) in [5, 5.41) is 16.0. The molecule has 0 spiro atoms. The lowest BCUT2D eigenvalue weighted by Gasteiger charge is -2.18. The molecule has 1 aromatic heterocycles. The number of hydrogen-bond donors (Lipinski definition) is 2. The van der Waals surface area contributed by atoms with Gasteiger partial charge in [-0.15, -0.1) is 0 Å². The monoisotopic (exact) mass is 456 g/mol. The molecule has 0 bridgehead atoms. The maximum absolute atomic E-state index is 9.10. The van der Waals surface area contributed by atoms with Crippen LogP contribution in [-0.2, 0) is 16.0 Å². The van der Waals surface area contributed by atoms with Crippen LogP contribution < -0.4 is 15.5 Å². The molecule has 0 aliphatic carbocycles. The number of anilines is 2. The van der Waals surface area contributed by atoms with Gasteiger partial charge in [0.2, 0.25) is 5.95 Å². The van der Waals surface area contributed by atoms with E-state index in [9.17, 15) is 0 Å². The van der Waals surface area contributed by atoms with Crippen molar-refractivity contribution in [3.63, 3.8) is 0 Å². The minimum atomic E-state index is -0.0745. The van der Waals surface area contributed by atoms with Gasteiger partial charge in [-0.3, -0.25) is 0 Å². The summed E-state index contributed by atoms with van der Waals surface area (Å²) in [5.74, 6) is 0.566. The molecule has 2 aromatic carbocycles. The molecule has 0 saturated carbocycles. The molecule has 2 N–H and O–H groups in total. The van der Waals surface area contributed by atoms with Crippen molar-refractivity contribution in [2.45, 2.75) is 30.8 Å². The minimum Gasteiger partial charge on any atom is -0.378 e. The number of benzene rings is 2. The maximum atomic E-state index is 9.10. The second kappa shape index (κ2) is 9.77. The van der Waals surface area contributed by atoms with Gasteiger partial charge in [-0.1, -0.05) is 24.3 Å². The van der Waals surface area contributed by atoms with E-state index >= 15 is 0 Å². The van der Waals surface area contributed by atoms with Crippen LogP contribution in [0.3, 0.4) is 0 Å². The molecule has 3 aromatic rings. The predicted molar refractivity (Wildman–Crippen MR) is 130 cm³/mol. The third kappa shape index (κ3) is 4.73. The zero-order valence-electron chi connectivity index (χ0n) is 19.3. The molecule has 34 heavy (non-hydrogen) atoms. The van der Waals surface area contributed by atoms with Crippen molar-refractivity contribution >= 4 is 11.6 Å². The quantitative estimate of drug-likeness (QED) is 0.561. The largest absolute Gasteiger partial charge is 0.378 e. The van der Waals surface area contributed by atoms with Crippen molar-refractivity contribution in [2.75, 3.05) is 37.5 Å². The Morgan fingerprint density at radius 2 is 1.79 bits per heavy atom. The third-order valence-electron chi connectivity index (χ3n) is 6.33. The Balaban J connectivity index is 1.20. The smallest absolute Gasteiger partial charge is 0.223 e. The van der Waals surface area contributed by atoms with E-state index in [4.69, 9.17) is 19.7 Å². The van der Waals surface area contributed by atoms with Crippen LogP contribution >= 0.6 is 0 Å². The highest BCUT2D eigenvalue weighted by Crippen LogP contribution is 2.29. The number of nitrogens with zero attached hydrogens (tertiary/aromatic N) is 4.